The standard InChI is InChI=1S/C15H26N2O4S/c1-8(2)17(9(3)4)7-13(18)21-15-10-5-11-12(6-10)22(19,20)16-14(11)15/h8-12,14-16H,5-7H2,1-4H3. The average molecular weight is 330 g/mol. The molecule has 0 amide bonds. The zero-order valence-corrected chi connectivity index (χ0v) is 14.5. The molecule has 1 aliphatic heterocycles. The number of nitrogens with zero attached hydrogens (tertiary/aromatic N) is 1. The van der Waals surface area contributed by atoms with E-state index in [9.17, 15) is 13.2 Å². The summed E-state index contributed by atoms with van der Waals surface area (Å²) in [5.74, 6) is 0.0713. The Labute approximate surface area is 132 Å². The van der Waals surface area contributed by atoms with Crippen LogP contribution in [0.15, 0.2) is 0 Å². The van der Waals surface area contributed by atoms with E-state index in [0.29, 0.717) is 6.42 Å². The van der Waals surface area contributed by atoms with Crippen LogP contribution in [-0.2, 0) is 19.6 Å². The first-order valence-electron chi connectivity index (χ1n) is 8.17. The Balaban J connectivity index is 1.64. The fourth-order valence-electron chi connectivity index (χ4n) is 4.51. The van der Waals surface area contributed by atoms with E-state index in [-0.39, 0.29) is 53.8 Å². The Kier molecular flexibility index (Phi) is 4.02. The largest absolute Gasteiger partial charge is 0.459 e. The maximum atomic E-state index is 12.3. The molecule has 1 saturated heterocycles. The highest BCUT2D eigenvalue weighted by Crippen LogP contribution is 2.52. The summed E-state index contributed by atoms with van der Waals surface area (Å²) in [6, 6.07) is 0.327. The summed E-state index contributed by atoms with van der Waals surface area (Å²) in [7, 11) is -3.20. The lowest BCUT2D eigenvalue weighted by Gasteiger charge is -2.31. The topological polar surface area (TPSA) is 75.7 Å². The van der Waals surface area contributed by atoms with E-state index in [1.54, 1.807) is 0 Å². The Morgan fingerprint density at radius 1 is 1.23 bits per heavy atom. The molecule has 5 atom stereocenters. The molecule has 126 valence electrons. The van der Waals surface area contributed by atoms with E-state index in [4.69, 9.17) is 4.74 Å². The molecule has 0 spiro atoms. The second kappa shape index (κ2) is 5.46. The highest BCUT2D eigenvalue weighted by molar-refractivity contribution is 7.90. The van der Waals surface area contributed by atoms with Crippen LogP contribution in [0.2, 0.25) is 0 Å². The molecule has 2 bridgehead atoms. The van der Waals surface area contributed by atoms with Crippen LogP contribution in [0.5, 0.6) is 0 Å². The van der Waals surface area contributed by atoms with Gasteiger partial charge in [0.05, 0.1) is 17.8 Å². The molecule has 2 aliphatic carbocycles. The predicted molar refractivity (Wildman–Crippen MR) is 82.7 cm³/mol. The van der Waals surface area contributed by atoms with E-state index < -0.39 is 10.0 Å². The van der Waals surface area contributed by atoms with Crippen molar-refractivity contribution in [1.82, 2.24) is 9.62 Å². The van der Waals surface area contributed by atoms with Crippen molar-refractivity contribution in [2.24, 2.45) is 11.8 Å². The molecule has 22 heavy (non-hydrogen) atoms. The van der Waals surface area contributed by atoms with Crippen LogP contribution in [0, 0.1) is 11.8 Å². The van der Waals surface area contributed by atoms with Crippen LogP contribution >= 0.6 is 0 Å². The number of carbonyl (C=O) groups is 1. The first-order chi connectivity index (χ1) is 10.2. The maximum absolute atomic E-state index is 12.3. The first kappa shape index (κ1) is 16.2. The van der Waals surface area contributed by atoms with Gasteiger partial charge in [0.1, 0.15) is 6.10 Å². The van der Waals surface area contributed by atoms with Gasteiger partial charge in [0, 0.05) is 12.1 Å². The molecule has 3 fully saturated rings. The molecule has 6 nitrogen and oxygen atoms in total. The van der Waals surface area contributed by atoms with Gasteiger partial charge in [0.15, 0.2) is 0 Å². The molecular weight excluding hydrogens is 304 g/mol. The molecule has 0 radical (unpaired) electrons. The van der Waals surface area contributed by atoms with Gasteiger partial charge in [0.25, 0.3) is 0 Å². The van der Waals surface area contributed by atoms with Crippen molar-refractivity contribution in [3.05, 3.63) is 0 Å². The van der Waals surface area contributed by atoms with Gasteiger partial charge in [-0.2, -0.15) is 0 Å². The molecule has 0 aromatic carbocycles. The van der Waals surface area contributed by atoms with Gasteiger partial charge >= 0.3 is 5.97 Å². The third kappa shape index (κ3) is 2.57. The summed E-state index contributed by atoms with van der Waals surface area (Å²) in [4.78, 5) is 14.4. The monoisotopic (exact) mass is 330 g/mol. The van der Waals surface area contributed by atoms with E-state index in [1.165, 1.54) is 0 Å². The highest BCUT2D eigenvalue weighted by atomic mass is 32.2. The molecule has 0 aromatic rings. The molecule has 7 heteroatoms. The molecular formula is C15H26N2O4S. The van der Waals surface area contributed by atoms with Crippen molar-refractivity contribution < 1.29 is 17.9 Å². The Bertz CT molecular complexity index is 552. The van der Waals surface area contributed by atoms with Gasteiger partial charge < -0.3 is 4.74 Å². The summed E-state index contributed by atoms with van der Waals surface area (Å²) < 4.78 is 32.4. The van der Waals surface area contributed by atoms with E-state index in [0.717, 1.165) is 6.42 Å². The Morgan fingerprint density at radius 2 is 1.86 bits per heavy atom. The molecule has 1 heterocycles. The fraction of sp³-hybridized carbons (Fsp3) is 0.933. The SMILES string of the molecule is CC(C)N(CC(=O)OC1C2CC3C1NS(=O)(=O)C3C2)C(C)C. The summed E-state index contributed by atoms with van der Waals surface area (Å²) in [6.45, 7) is 8.48. The Morgan fingerprint density at radius 3 is 2.45 bits per heavy atom. The van der Waals surface area contributed by atoms with Crippen molar-refractivity contribution in [1.29, 1.82) is 0 Å². The van der Waals surface area contributed by atoms with Crippen molar-refractivity contribution in [3.63, 3.8) is 0 Å². The number of hydrogen-bond acceptors (Lipinski definition) is 5. The number of ether oxygens (including phenoxy) is 1. The zero-order chi connectivity index (χ0) is 16.2. The number of nitrogens with one attached hydrogen (secondary N) is 1. The minimum absolute atomic E-state index is 0.124. The summed E-state index contributed by atoms with van der Waals surface area (Å²) in [6.07, 6.45) is 1.21. The third-order valence-electron chi connectivity index (χ3n) is 5.47. The fourth-order valence-corrected chi connectivity index (χ4v) is 6.62. The van der Waals surface area contributed by atoms with Gasteiger partial charge in [-0.25, -0.2) is 13.1 Å². The van der Waals surface area contributed by atoms with Crippen LogP contribution in [-0.4, -0.2) is 55.3 Å². The van der Waals surface area contributed by atoms with Gasteiger partial charge in [0.2, 0.25) is 10.0 Å². The van der Waals surface area contributed by atoms with Gasteiger partial charge in [-0.1, -0.05) is 0 Å². The van der Waals surface area contributed by atoms with Crippen molar-refractivity contribution in [2.75, 3.05) is 6.54 Å². The molecule has 3 rings (SSSR count). The van der Waals surface area contributed by atoms with Crippen LogP contribution in [0.4, 0.5) is 0 Å². The molecule has 2 saturated carbocycles. The summed E-state index contributed by atoms with van der Waals surface area (Å²) in [5, 5.41) is -0.264. The highest BCUT2D eigenvalue weighted by Gasteiger charge is 2.63. The first-order valence-corrected chi connectivity index (χ1v) is 9.71. The van der Waals surface area contributed by atoms with Crippen LogP contribution in [0.3, 0.4) is 0 Å². The molecule has 5 unspecified atom stereocenters. The minimum Gasteiger partial charge on any atom is -0.459 e. The second-order valence-corrected chi connectivity index (χ2v) is 9.37. The molecule has 3 aliphatic rings. The maximum Gasteiger partial charge on any atom is 0.320 e. The van der Waals surface area contributed by atoms with Crippen LogP contribution in [0.1, 0.15) is 40.5 Å². The quantitative estimate of drug-likeness (QED) is 0.752. The third-order valence-corrected chi connectivity index (χ3v) is 7.41. The van der Waals surface area contributed by atoms with Crippen molar-refractivity contribution in [2.45, 2.75) is 70.0 Å². The van der Waals surface area contributed by atoms with E-state index in [1.807, 2.05) is 0 Å². The Hall–Kier alpha value is -0.660. The normalized spacial score (nSPS) is 38.4. The van der Waals surface area contributed by atoms with Crippen LogP contribution in [0.25, 0.3) is 0 Å². The lowest BCUT2D eigenvalue weighted by molar-refractivity contribution is -0.154. The second-order valence-electron chi connectivity index (χ2n) is 7.44. The number of fused-ring (bicyclic) bond motifs is 1. The summed E-state index contributed by atoms with van der Waals surface area (Å²) in [5.41, 5.74) is 0. The molecule has 0 aromatic heterocycles. The predicted octanol–water partition coefficient (Wildman–Crippen LogP) is 0.727. The van der Waals surface area contributed by atoms with Gasteiger partial charge in [-0.3, -0.25) is 9.69 Å². The number of esters is 1. The number of sulfonamides is 1. The van der Waals surface area contributed by atoms with E-state index >= 15 is 0 Å². The smallest absolute Gasteiger partial charge is 0.320 e. The van der Waals surface area contributed by atoms with Gasteiger partial charge in [-0.05, 0) is 52.4 Å². The van der Waals surface area contributed by atoms with Crippen molar-refractivity contribution in [3.8, 4) is 0 Å². The van der Waals surface area contributed by atoms with Crippen molar-refractivity contribution >= 4 is 16.0 Å². The number of hydrogen-bond donors (Lipinski definition) is 1. The van der Waals surface area contributed by atoms with Gasteiger partial charge in [-0.15, -0.1) is 0 Å². The zero-order valence-electron chi connectivity index (χ0n) is 13.7. The van der Waals surface area contributed by atoms with Crippen LogP contribution < -0.4 is 4.72 Å². The van der Waals surface area contributed by atoms with E-state index in [2.05, 4.69) is 37.3 Å². The average Bonchev–Trinajstić information content (AvgIpc) is 2.99. The lowest BCUT2D eigenvalue weighted by atomic mass is 9.93. The summed E-state index contributed by atoms with van der Waals surface area (Å²) >= 11 is 0. The lowest BCUT2D eigenvalue weighted by Crippen LogP contribution is -2.45. The number of rotatable bonds is 5. The number of carbonyl (C=O) groups excluding carboxylic acids is 1. The molecule has 1 N–H and O–H groups in total. The minimum atomic E-state index is -3.20.